The summed E-state index contributed by atoms with van der Waals surface area (Å²) in [4.78, 5) is 21.6. The zero-order valence-electron chi connectivity index (χ0n) is 14.9. The maximum Gasteiger partial charge on any atom is 0.328 e. The normalized spacial score (nSPS) is 11.2. The van der Waals surface area contributed by atoms with Crippen LogP contribution in [0.5, 0.6) is 5.75 Å². The summed E-state index contributed by atoms with van der Waals surface area (Å²) in [5.41, 5.74) is 0.927. The third-order valence-electron chi connectivity index (χ3n) is 3.41. The quantitative estimate of drug-likeness (QED) is 0.586. The first-order valence-electron chi connectivity index (χ1n) is 7.81. The lowest BCUT2D eigenvalue weighted by Gasteiger charge is -2.14. The number of carboxylic acids is 1. The van der Waals surface area contributed by atoms with E-state index in [0.717, 1.165) is 6.08 Å². The van der Waals surface area contributed by atoms with Gasteiger partial charge in [0.1, 0.15) is 10.6 Å². The van der Waals surface area contributed by atoms with Gasteiger partial charge in [-0.3, -0.25) is 9.52 Å². The van der Waals surface area contributed by atoms with Crippen molar-refractivity contribution in [3.63, 3.8) is 0 Å². The number of hydrogen-bond donors (Lipinski definition) is 3. The molecular weight excluding hydrogens is 408 g/mol. The predicted octanol–water partition coefficient (Wildman–Crippen LogP) is 3.21. The Labute approximate surface area is 166 Å². The van der Waals surface area contributed by atoms with Gasteiger partial charge in [0.2, 0.25) is 5.91 Å². The molecule has 2 rings (SSSR count). The summed E-state index contributed by atoms with van der Waals surface area (Å²) in [7, 11) is -2.80. The molecule has 0 unspecified atom stereocenters. The number of carboxylic acid groups (broad SMARTS) is 1. The third-order valence-corrected chi connectivity index (χ3v) is 5.13. The highest BCUT2D eigenvalue weighted by atomic mass is 35.5. The van der Waals surface area contributed by atoms with Crippen molar-refractivity contribution in [1.82, 2.24) is 0 Å². The number of halogens is 1. The fourth-order valence-electron chi connectivity index (χ4n) is 2.27. The number of sulfonamides is 1. The molecule has 0 aliphatic carbocycles. The zero-order chi connectivity index (χ0) is 20.9. The SMILES string of the molecule is COc1cc(NC(C)=O)c(Cl)cc1S(=O)(=O)Nc1cccc(/C=C/C(=O)O)c1. The minimum absolute atomic E-state index is 0.0115. The van der Waals surface area contributed by atoms with Gasteiger partial charge in [0.05, 0.1) is 17.8 Å². The van der Waals surface area contributed by atoms with Crippen molar-refractivity contribution >= 4 is 51.0 Å². The molecule has 0 saturated carbocycles. The van der Waals surface area contributed by atoms with E-state index in [2.05, 4.69) is 10.0 Å². The topological polar surface area (TPSA) is 122 Å². The number of ether oxygens (including phenoxy) is 1. The second-order valence-electron chi connectivity index (χ2n) is 5.57. The van der Waals surface area contributed by atoms with Crippen LogP contribution in [0.1, 0.15) is 12.5 Å². The number of benzene rings is 2. The van der Waals surface area contributed by atoms with E-state index in [1.165, 1.54) is 44.4 Å². The van der Waals surface area contributed by atoms with Crippen molar-refractivity contribution in [3.05, 3.63) is 53.1 Å². The highest BCUT2D eigenvalue weighted by Crippen LogP contribution is 2.34. The Kier molecular flexibility index (Phi) is 6.66. The first-order chi connectivity index (χ1) is 13.1. The molecule has 28 heavy (non-hydrogen) atoms. The molecule has 0 fully saturated rings. The lowest BCUT2D eigenvalue weighted by atomic mass is 10.2. The van der Waals surface area contributed by atoms with Crippen molar-refractivity contribution in [2.75, 3.05) is 17.1 Å². The minimum atomic E-state index is -4.08. The van der Waals surface area contributed by atoms with Gasteiger partial charge < -0.3 is 15.2 Å². The number of rotatable bonds is 7. The van der Waals surface area contributed by atoms with Crippen LogP contribution in [0, 0.1) is 0 Å². The van der Waals surface area contributed by atoms with Gasteiger partial charge in [0.15, 0.2) is 0 Å². The fourth-order valence-corrected chi connectivity index (χ4v) is 3.78. The third kappa shape index (κ3) is 5.48. The largest absolute Gasteiger partial charge is 0.495 e. The Balaban J connectivity index is 2.39. The zero-order valence-corrected chi connectivity index (χ0v) is 16.5. The molecule has 8 nitrogen and oxygen atoms in total. The Hall–Kier alpha value is -3.04. The number of carbonyl (C=O) groups is 2. The number of amides is 1. The van der Waals surface area contributed by atoms with E-state index in [9.17, 15) is 18.0 Å². The molecule has 0 atom stereocenters. The smallest absolute Gasteiger partial charge is 0.328 e. The van der Waals surface area contributed by atoms with E-state index in [1.54, 1.807) is 12.1 Å². The minimum Gasteiger partial charge on any atom is -0.495 e. The van der Waals surface area contributed by atoms with Crippen LogP contribution in [-0.4, -0.2) is 32.5 Å². The van der Waals surface area contributed by atoms with Crippen LogP contribution in [0.3, 0.4) is 0 Å². The second kappa shape index (κ2) is 8.77. The van der Waals surface area contributed by atoms with E-state index < -0.39 is 16.0 Å². The average Bonchev–Trinajstić information content (AvgIpc) is 2.61. The van der Waals surface area contributed by atoms with Crippen LogP contribution in [0.4, 0.5) is 11.4 Å². The number of methoxy groups -OCH3 is 1. The molecule has 0 aliphatic heterocycles. The number of hydrogen-bond acceptors (Lipinski definition) is 5. The monoisotopic (exact) mass is 424 g/mol. The van der Waals surface area contributed by atoms with Crippen LogP contribution in [0.25, 0.3) is 6.08 Å². The van der Waals surface area contributed by atoms with Gasteiger partial charge >= 0.3 is 5.97 Å². The maximum atomic E-state index is 12.8. The van der Waals surface area contributed by atoms with Crippen LogP contribution in [-0.2, 0) is 19.6 Å². The number of carbonyl (C=O) groups excluding carboxylic acids is 1. The summed E-state index contributed by atoms with van der Waals surface area (Å²) in [6, 6.07) is 8.65. The number of aliphatic carboxylic acids is 1. The van der Waals surface area contributed by atoms with Gasteiger partial charge in [-0.25, -0.2) is 13.2 Å². The fraction of sp³-hybridized carbons (Fsp3) is 0.111. The van der Waals surface area contributed by atoms with Crippen molar-refractivity contribution in [2.24, 2.45) is 0 Å². The molecule has 148 valence electrons. The van der Waals surface area contributed by atoms with Crippen molar-refractivity contribution in [2.45, 2.75) is 11.8 Å². The summed E-state index contributed by atoms with van der Waals surface area (Å²) < 4.78 is 33.1. The molecule has 10 heteroatoms. The Morgan fingerprint density at radius 1 is 1.21 bits per heavy atom. The molecule has 0 aliphatic rings. The average molecular weight is 425 g/mol. The lowest BCUT2D eigenvalue weighted by Crippen LogP contribution is -2.15. The number of nitrogens with one attached hydrogen (secondary N) is 2. The van der Waals surface area contributed by atoms with Crippen molar-refractivity contribution in [3.8, 4) is 5.75 Å². The van der Waals surface area contributed by atoms with Gasteiger partial charge in [-0.15, -0.1) is 0 Å². The molecule has 0 saturated heterocycles. The predicted molar refractivity (Wildman–Crippen MR) is 106 cm³/mol. The van der Waals surface area contributed by atoms with Crippen LogP contribution < -0.4 is 14.8 Å². The second-order valence-corrected chi connectivity index (χ2v) is 7.62. The molecule has 0 spiro atoms. The Bertz CT molecular complexity index is 1050. The molecule has 0 bridgehead atoms. The molecular formula is C18H17ClN2O6S. The molecule has 1 amide bonds. The lowest BCUT2D eigenvalue weighted by molar-refractivity contribution is -0.131. The first-order valence-corrected chi connectivity index (χ1v) is 9.67. The van der Waals surface area contributed by atoms with E-state index in [1.807, 2.05) is 0 Å². The number of anilines is 2. The van der Waals surface area contributed by atoms with Crippen LogP contribution in [0.2, 0.25) is 5.02 Å². The van der Waals surface area contributed by atoms with Gasteiger partial charge in [0, 0.05) is 24.8 Å². The van der Waals surface area contributed by atoms with Gasteiger partial charge in [-0.05, 0) is 29.8 Å². The summed E-state index contributed by atoms with van der Waals surface area (Å²) >= 11 is 6.08. The van der Waals surface area contributed by atoms with Gasteiger partial charge in [-0.2, -0.15) is 0 Å². The standard InChI is InChI=1S/C18H17ClN2O6S/c1-11(22)20-15-10-16(27-2)17(9-14(15)19)28(25,26)21-13-5-3-4-12(8-13)6-7-18(23)24/h3-10,21H,1-2H3,(H,20,22)(H,23,24)/b7-6+. The van der Waals surface area contributed by atoms with E-state index in [0.29, 0.717) is 5.56 Å². The molecule has 2 aromatic carbocycles. The van der Waals surface area contributed by atoms with Gasteiger partial charge in [0.25, 0.3) is 10.0 Å². The molecule has 0 aromatic heterocycles. The maximum absolute atomic E-state index is 12.8. The Morgan fingerprint density at radius 2 is 1.93 bits per heavy atom. The van der Waals surface area contributed by atoms with E-state index in [-0.39, 0.29) is 32.9 Å². The summed E-state index contributed by atoms with van der Waals surface area (Å²) in [6.07, 6.45) is 2.27. The Morgan fingerprint density at radius 3 is 2.54 bits per heavy atom. The highest BCUT2D eigenvalue weighted by molar-refractivity contribution is 7.92. The molecule has 0 heterocycles. The van der Waals surface area contributed by atoms with Crippen LogP contribution >= 0.6 is 11.6 Å². The molecule has 2 aromatic rings. The highest BCUT2D eigenvalue weighted by Gasteiger charge is 2.22. The van der Waals surface area contributed by atoms with E-state index >= 15 is 0 Å². The molecule has 0 radical (unpaired) electrons. The summed E-state index contributed by atoms with van der Waals surface area (Å²) in [6.45, 7) is 1.29. The first kappa shape index (κ1) is 21.3. The van der Waals surface area contributed by atoms with Crippen LogP contribution in [0.15, 0.2) is 47.4 Å². The molecule has 3 N–H and O–H groups in total. The van der Waals surface area contributed by atoms with Crippen molar-refractivity contribution in [1.29, 1.82) is 0 Å². The van der Waals surface area contributed by atoms with Crippen molar-refractivity contribution < 1.29 is 27.9 Å². The summed E-state index contributed by atoms with van der Waals surface area (Å²) in [5.74, 6) is -1.50. The summed E-state index contributed by atoms with van der Waals surface area (Å²) in [5, 5.41) is 11.2. The van der Waals surface area contributed by atoms with E-state index in [4.69, 9.17) is 21.4 Å². The van der Waals surface area contributed by atoms with Gasteiger partial charge in [-0.1, -0.05) is 23.7 Å².